The Hall–Kier alpha value is -0.690. The summed E-state index contributed by atoms with van der Waals surface area (Å²) in [6, 6.07) is 8.09. The SMILES string of the molecule is CCCNc1nc(-c2ccccc2Br)nc(CCC)c1I. The van der Waals surface area contributed by atoms with E-state index < -0.39 is 0 Å². The Morgan fingerprint density at radius 3 is 2.57 bits per heavy atom. The van der Waals surface area contributed by atoms with Gasteiger partial charge in [0.05, 0.1) is 9.26 Å². The van der Waals surface area contributed by atoms with Gasteiger partial charge in [0.25, 0.3) is 0 Å². The Kier molecular flexibility index (Phi) is 6.41. The standard InChI is InChI=1S/C16H19BrIN3/c1-3-7-13-14(18)16(19-10-4-2)21-15(20-13)11-8-5-6-9-12(11)17/h5-6,8-9H,3-4,7,10H2,1-2H3,(H,19,20,21). The fourth-order valence-electron chi connectivity index (χ4n) is 2.02. The van der Waals surface area contributed by atoms with E-state index in [2.05, 4.69) is 57.7 Å². The predicted octanol–water partition coefficient (Wildman–Crippen LogP) is 5.29. The maximum absolute atomic E-state index is 4.77. The predicted molar refractivity (Wildman–Crippen MR) is 101 cm³/mol. The van der Waals surface area contributed by atoms with E-state index >= 15 is 0 Å². The smallest absolute Gasteiger partial charge is 0.162 e. The molecule has 2 aromatic rings. The Balaban J connectivity index is 2.50. The van der Waals surface area contributed by atoms with Crippen LogP contribution in [0.1, 0.15) is 32.4 Å². The van der Waals surface area contributed by atoms with Crippen LogP contribution >= 0.6 is 38.5 Å². The van der Waals surface area contributed by atoms with Crippen molar-refractivity contribution < 1.29 is 0 Å². The third kappa shape index (κ3) is 4.16. The van der Waals surface area contributed by atoms with Crippen LogP contribution in [0.5, 0.6) is 0 Å². The summed E-state index contributed by atoms with van der Waals surface area (Å²) in [4.78, 5) is 9.50. The lowest BCUT2D eigenvalue weighted by atomic mass is 10.2. The highest BCUT2D eigenvalue weighted by atomic mass is 127. The quantitative estimate of drug-likeness (QED) is 0.596. The molecule has 5 heteroatoms. The van der Waals surface area contributed by atoms with Gasteiger partial charge >= 0.3 is 0 Å². The second-order valence-electron chi connectivity index (χ2n) is 4.81. The fourth-order valence-corrected chi connectivity index (χ4v) is 3.18. The fraction of sp³-hybridized carbons (Fsp3) is 0.375. The van der Waals surface area contributed by atoms with Crippen LogP contribution in [0, 0.1) is 3.57 Å². The van der Waals surface area contributed by atoms with Crippen molar-refractivity contribution in [1.29, 1.82) is 0 Å². The van der Waals surface area contributed by atoms with E-state index in [0.29, 0.717) is 0 Å². The summed E-state index contributed by atoms with van der Waals surface area (Å²) >= 11 is 5.94. The van der Waals surface area contributed by atoms with Crippen molar-refractivity contribution >= 4 is 44.3 Å². The molecule has 112 valence electrons. The zero-order chi connectivity index (χ0) is 15.2. The van der Waals surface area contributed by atoms with Gasteiger partial charge in [0.1, 0.15) is 5.82 Å². The van der Waals surface area contributed by atoms with Gasteiger partial charge in [-0.15, -0.1) is 0 Å². The number of anilines is 1. The second kappa shape index (κ2) is 8.08. The first-order valence-electron chi connectivity index (χ1n) is 7.22. The highest BCUT2D eigenvalue weighted by molar-refractivity contribution is 14.1. The molecule has 0 unspecified atom stereocenters. The first-order chi connectivity index (χ1) is 10.2. The maximum Gasteiger partial charge on any atom is 0.162 e. The molecule has 1 aromatic carbocycles. The average Bonchev–Trinajstić information content (AvgIpc) is 2.49. The van der Waals surface area contributed by atoms with Crippen molar-refractivity contribution in [2.45, 2.75) is 33.1 Å². The molecule has 0 amide bonds. The summed E-state index contributed by atoms with van der Waals surface area (Å²) in [6.07, 6.45) is 3.13. The lowest BCUT2D eigenvalue weighted by molar-refractivity contribution is 0.863. The van der Waals surface area contributed by atoms with Crippen molar-refractivity contribution in [2.24, 2.45) is 0 Å². The molecule has 0 aliphatic heterocycles. The van der Waals surface area contributed by atoms with E-state index in [4.69, 9.17) is 9.97 Å². The van der Waals surface area contributed by atoms with Crippen molar-refractivity contribution in [3.63, 3.8) is 0 Å². The average molecular weight is 460 g/mol. The van der Waals surface area contributed by atoms with Gasteiger partial charge in [-0.1, -0.05) is 54.4 Å². The van der Waals surface area contributed by atoms with Crippen molar-refractivity contribution in [2.75, 3.05) is 11.9 Å². The van der Waals surface area contributed by atoms with Gasteiger partial charge in [0.2, 0.25) is 0 Å². The van der Waals surface area contributed by atoms with Crippen LogP contribution in [0.3, 0.4) is 0 Å². The van der Waals surface area contributed by atoms with Crippen LogP contribution < -0.4 is 5.32 Å². The number of nitrogens with one attached hydrogen (secondary N) is 1. The molecule has 1 N–H and O–H groups in total. The van der Waals surface area contributed by atoms with Crippen LogP contribution in [0.2, 0.25) is 0 Å². The van der Waals surface area contributed by atoms with Gasteiger partial charge in [0, 0.05) is 16.6 Å². The van der Waals surface area contributed by atoms with E-state index in [-0.39, 0.29) is 0 Å². The third-order valence-electron chi connectivity index (χ3n) is 3.06. The molecular weight excluding hydrogens is 441 g/mol. The topological polar surface area (TPSA) is 37.8 Å². The number of hydrogen-bond acceptors (Lipinski definition) is 3. The highest BCUT2D eigenvalue weighted by Gasteiger charge is 2.14. The molecule has 0 aliphatic carbocycles. The van der Waals surface area contributed by atoms with Crippen LogP contribution in [-0.4, -0.2) is 16.5 Å². The van der Waals surface area contributed by atoms with Gasteiger partial charge < -0.3 is 5.32 Å². The van der Waals surface area contributed by atoms with E-state index in [9.17, 15) is 0 Å². The van der Waals surface area contributed by atoms with Crippen LogP contribution in [0.25, 0.3) is 11.4 Å². The normalized spacial score (nSPS) is 10.7. The summed E-state index contributed by atoms with van der Waals surface area (Å²) < 4.78 is 2.16. The lowest BCUT2D eigenvalue weighted by Gasteiger charge is -2.13. The number of rotatable bonds is 6. The zero-order valence-corrected chi connectivity index (χ0v) is 16.0. The summed E-state index contributed by atoms with van der Waals surface area (Å²) in [6.45, 7) is 5.26. The van der Waals surface area contributed by atoms with Crippen molar-refractivity contribution in [3.05, 3.63) is 38.0 Å². The Morgan fingerprint density at radius 1 is 1.14 bits per heavy atom. The molecule has 0 spiro atoms. The lowest BCUT2D eigenvalue weighted by Crippen LogP contribution is -2.09. The third-order valence-corrected chi connectivity index (χ3v) is 4.89. The summed E-state index contributed by atoms with van der Waals surface area (Å²) in [5, 5.41) is 3.42. The molecule has 1 heterocycles. The van der Waals surface area contributed by atoms with Crippen LogP contribution in [0.15, 0.2) is 28.7 Å². The molecule has 0 atom stereocenters. The highest BCUT2D eigenvalue weighted by Crippen LogP contribution is 2.29. The first kappa shape index (κ1) is 16.7. The molecular formula is C16H19BrIN3. The van der Waals surface area contributed by atoms with Crippen molar-refractivity contribution in [1.82, 2.24) is 9.97 Å². The molecule has 0 radical (unpaired) electrons. The molecule has 0 aliphatic rings. The maximum atomic E-state index is 4.77. The van der Waals surface area contributed by atoms with Crippen molar-refractivity contribution in [3.8, 4) is 11.4 Å². The summed E-state index contributed by atoms with van der Waals surface area (Å²) in [5.41, 5.74) is 2.16. The molecule has 0 saturated carbocycles. The second-order valence-corrected chi connectivity index (χ2v) is 6.75. The minimum atomic E-state index is 0.782. The summed E-state index contributed by atoms with van der Waals surface area (Å²) in [5.74, 6) is 1.73. The van der Waals surface area contributed by atoms with Crippen LogP contribution in [-0.2, 0) is 6.42 Å². The number of aryl methyl sites for hydroxylation is 1. The molecule has 0 fully saturated rings. The van der Waals surface area contributed by atoms with Gasteiger partial charge in [-0.05, 0) is 41.5 Å². The number of nitrogens with zero attached hydrogens (tertiary/aromatic N) is 2. The first-order valence-corrected chi connectivity index (χ1v) is 9.09. The number of halogens is 2. The molecule has 21 heavy (non-hydrogen) atoms. The van der Waals surface area contributed by atoms with Gasteiger partial charge in [-0.2, -0.15) is 0 Å². The minimum Gasteiger partial charge on any atom is -0.369 e. The molecule has 1 aromatic heterocycles. The number of aromatic nitrogens is 2. The van der Waals surface area contributed by atoms with Gasteiger partial charge in [-0.25, -0.2) is 9.97 Å². The Morgan fingerprint density at radius 2 is 1.90 bits per heavy atom. The molecule has 2 rings (SSSR count). The number of benzene rings is 1. The molecule has 0 saturated heterocycles. The molecule has 3 nitrogen and oxygen atoms in total. The largest absolute Gasteiger partial charge is 0.369 e. The van der Waals surface area contributed by atoms with Gasteiger partial charge in [0.15, 0.2) is 5.82 Å². The van der Waals surface area contributed by atoms with E-state index in [1.165, 1.54) is 0 Å². The Bertz CT molecular complexity index is 616. The molecule has 0 bridgehead atoms. The summed E-state index contributed by atoms with van der Waals surface area (Å²) in [7, 11) is 0. The Labute approximate surface area is 148 Å². The minimum absolute atomic E-state index is 0.782. The van der Waals surface area contributed by atoms with E-state index in [1.54, 1.807) is 0 Å². The zero-order valence-electron chi connectivity index (χ0n) is 12.3. The monoisotopic (exact) mass is 459 g/mol. The van der Waals surface area contributed by atoms with Gasteiger partial charge in [-0.3, -0.25) is 0 Å². The van der Waals surface area contributed by atoms with E-state index in [0.717, 1.165) is 56.7 Å². The van der Waals surface area contributed by atoms with E-state index in [1.807, 2.05) is 24.3 Å². The number of hydrogen-bond donors (Lipinski definition) is 1. The van der Waals surface area contributed by atoms with Crippen LogP contribution in [0.4, 0.5) is 5.82 Å².